The zero-order valence-electron chi connectivity index (χ0n) is 10.5. The third-order valence-electron chi connectivity index (χ3n) is 3.85. The zero-order chi connectivity index (χ0) is 13.0. The fraction of sp³-hybridized carbons (Fsp3) is 0.571. The molecule has 1 unspecified atom stereocenters. The second-order valence-corrected chi connectivity index (χ2v) is 5.50. The average Bonchev–Trinajstić information content (AvgIpc) is 2.62. The molecule has 0 saturated heterocycles. The summed E-state index contributed by atoms with van der Waals surface area (Å²) in [6, 6.07) is 4.71. The molecule has 0 aliphatic heterocycles. The molecule has 0 aromatic heterocycles. The maximum Gasteiger partial charge on any atom is 0.129 e. The molecule has 0 bridgehead atoms. The molecule has 1 fully saturated rings. The molecule has 18 heavy (non-hydrogen) atoms. The first kappa shape index (κ1) is 13.8. The maximum atomic E-state index is 14.0. The van der Waals surface area contributed by atoms with Crippen molar-refractivity contribution in [2.75, 3.05) is 0 Å². The molecular formula is C14H20ClFN2. The fourth-order valence-electron chi connectivity index (χ4n) is 2.88. The lowest BCUT2D eigenvalue weighted by atomic mass is 9.87. The van der Waals surface area contributed by atoms with E-state index in [1.54, 1.807) is 12.1 Å². The zero-order valence-corrected chi connectivity index (χ0v) is 11.2. The second kappa shape index (κ2) is 6.50. The van der Waals surface area contributed by atoms with Gasteiger partial charge in [0.1, 0.15) is 5.82 Å². The topological polar surface area (TPSA) is 38.0 Å². The summed E-state index contributed by atoms with van der Waals surface area (Å²) >= 11 is 5.79. The van der Waals surface area contributed by atoms with Crippen LogP contribution in [0.5, 0.6) is 0 Å². The molecular weight excluding hydrogens is 251 g/mol. The van der Waals surface area contributed by atoms with Gasteiger partial charge in [-0.3, -0.25) is 11.3 Å². The lowest BCUT2D eigenvalue weighted by Crippen LogP contribution is -2.34. The first-order valence-electron chi connectivity index (χ1n) is 6.63. The highest BCUT2D eigenvalue weighted by Crippen LogP contribution is 2.34. The van der Waals surface area contributed by atoms with Crippen molar-refractivity contribution in [1.82, 2.24) is 5.43 Å². The second-order valence-electron chi connectivity index (χ2n) is 5.06. The van der Waals surface area contributed by atoms with Gasteiger partial charge in [0.2, 0.25) is 0 Å². The first-order chi connectivity index (χ1) is 8.72. The Hall–Kier alpha value is -0.640. The molecule has 0 heterocycles. The van der Waals surface area contributed by atoms with Crippen molar-refractivity contribution >= 4 is 11.6 Å². The summed E-state index contributed by atoms with van der Waals surface area (Å²) in [6.45, 7) is 0. The molecule has 3 N–H and O–H groups in total. The van der Waals surface area contributed by atoms with Gasteiger partial charge >= 0.3 is 0 Å². The first-order valence-corrected chi connectivity index (χ1v) is 7.01. The van der Waals surface area contributed by atoms with Crippen LogP contribution < -0.4 is 11.3 Å². The van der Waals surface area contributed by atoms with Crippen LogP contribution in [0.25, 0.3) is 0 Å². The van der Waals surface area contributed by atoms with Gasteiger partial charge in [-0.25, -0.2) is 4.39 Å². The number of hydrogen-bond donors (Lipinski definition) is 2. The molecule has 1 atom stereocenters. The summed E-state index contributed by atoms with van der Waals surface area (Å²) in [4.78, 5) is 0. The molecule has 2 nitrogen and oxygen atoms in total. The van der Waals surface area contributed by atoms with Crippen molar-refractivity contribution in [3.05, 3.63) is 34.6 Å². The van der Waals surface area contributed by atoms with Gasteiger partial charge in [-0.05, 0) is 30.9 Å². The summed E-state index contributed by atoms with van der Waals surface area (Å²) in [7, 11) is 0. The van der Waals surface area contributed by atoms with E-state index in [0.29, 0.717) is 16.5 Å². The number of hydrogen-bond acceptors (Lipinski definition) is 2. The quantitative estimate of drug-likeness (QED) is 0.496. The molecule has 1 aromatic rings. The lowest BCUT2D eigenvalue weighted by Gasteiger charge is -2.26. The van der Waals surface area contributed by atoms with Crippen LogP contribution in [0.2, 0.25) is 5.02 Å². The van der Waals surface area contributed by atoms with Gasteiger partial charge in [-0.2, -0.15) is 0 Å². The van der Waals surface area contributed by atoms with Gasteiger partial charge in [-0.15, -0.1) is 0 Å². The van der Waals surface area contributed by atoms with E-state index in [1.165, 1.54) is 31.7 Å². The van der Waals surface area contributed by atoms with Crippen molar-refractivity contribution in [3.8, 4) is 0 Å². The van der Waals surface area contributed by atoms with Crippen molar-refractivity contribution in [3.63, 3.8) is 0 Å². The highest BCUT2D eigenvalue weighted by atomic mass is 35.5. The third kappa shape index (κ3) is 3.22. The van der Waals surface area contributed by atoms with Gasteiger partial charge in [0.25, 0.3) is 0 Å². The van der Waals surface area contributed by atoms with Crippen LogP contribution in [0.4, 0.5) is 4.39 Å². The van der Waals surface area contributed by atoms with Crippen molar-refractivity contribution in [2.24, 2.45) is 11.8 Å². The summed E-state index contributed by atoms with van der Waals surface area (Å²) in [5.41, 5.74) is 3.43. The summed E-state index contributed by atoms with van der Waals surface area (Å²) in [6.07, 6.45) is 7.18. The molecule has 0 spiro atoms. The predicted octanol–water partition coefficient (Wildman–Crippen LogP) is 3.95. The van der Waals surface area contributed by atoms with E-state index in [9.17, 15) is 4.39 Å². The summed E-state index contributed by atoms with van der Waals surface area (Å²) in [5, 5.41) is 0.424. The lowest BCUT2D eigenvalue weighted by molar-refractivity contribution is 0.321. The van der Waals surface area contributed by atoms with Crippen LogP contribution in [-0.4, -0.2) is 0 Å². The van der Waals surface area contributed by atoms with Crippen LogP contribution in [0, 0.1) is 11.7 Å². The molecule has 1 saturated carbocycles. The van der Waals surface area contributed by atoms with E-state index in [1.807, 2.05) is 0 Å². The van der Waals surface area contributed by atoms with E-state index in [0.717, 1.165) is 12.8 Å². The number of nitrogens with two attached hydrogens (primary N) is 1. The van der Waals surface area contributed by atoms with Crippen LogP contribution in [0.1, 0.15) is 50.1 Å². The molecule has 0 amide bonds. The van der Waals surface area contributed by atoms with E-state index in [-0.39, 0.29) is 11.9 Å². The monoisotopic (exact) mass is 270 g/mol. The van der Waals surface area contributed by atoms with Gasteiger partial charge in [0.05, 0.1) is 6.04 Å². The van der Waals surface area contributed by atoms with Crippen molar-refractivity contribution in [2.45, 2.75) is 44.6 Å². The molecule has 100 valence electrons. The van der Waals surface area contributed by atoms with Crippen LogP contribution in [0.3, 0.4) is 0 Å². The Balaban J connectivity index is 2.20. The Morgan fingerprint density at radius 2 is 1.89 bits per heavy atom. The number of rotatable bonds is 3. The Bertz CT molecular complexity index is 389. The van der Waals surface area contributed by atoms with E-state index < -0.39 is 0 Å². The van der Waals surface area contributed by atoms with Crippen molar-refractivity contribution in [1.29, 1.82) is 0 Å². The maximum absolute atomic E-state index is 14.0. The molecule has 1 aromatic carbocycles. The molecule has 1 aliphatic rings. The SMILES string of the molecule is NNC(c1ccc(Cl)cc1F)C1CCCCCC1. The smallest absolute Gasteiger partial charge is 0.129 e. The number of halogens is 2. The Morgan fingerprint density at radius 1 is 1.22 bits per heavy atom. The van der Waals surface area contributed by atoms with Crippen molar-refractivity contribution < 1.29 is 4.39 Å². The average molecular weight is 271 g/mol. The van der Waals surface area contributed by atoms with Gasteiger partial charge in [0.15, 0.2) is 0 Å². The number of nitrogens with one attached hydrogen (secondary N) is 1. The van der Waals surface area contributed by atoms with Crippen LogP contribution in [0.15, 0.2) is 18.2 Å². The third-order valence-corrected chi connectivity index (χ3v) is 4.08. The Kier molecular flexibility index (Phi) is 4.98. The van der Waals surface area contributed by atoms with E-state index in [4.69, 9.17) is 17.4 Å². The molecule has 2 rings (SSSR count). The molecule has 4 heteroatoms. The van der Waals surface area contributed by atoms with Crippen LogP contribution >= 0.6 is 11.6 Å². The Labute approximate surface area is 113 Å². The largest absolute Gasteiger partial charge is 0.271 e. The minimum absolute atomic E-state index is 0.111. The highest BCUT2D eigenvalue weighted by molar-refractivity contribution is 6.30. The minimum atomic E-state index is -0.269. The van der Waals surface area contributed by atoms with E-state index in [2.05, 4.69) is 5.43 Å². The summed E-state index contributed by atoms with van der Waals surface area (Å²) in [5.74, 6) is 5.79. The fourth-order valence-corrected chi connectivity index (χ4v) is 3.04. The normalized spacial score (nSPS) is 19.5. The van der Waals surface area contributed by atoms with Crippen LogP contribution in [-0.2, 0) is 0 Å². The predicted molar refractivity (Wildman–Crippen MR) is 72.7 cm³/mol. The minimum Gasteiger partial charge on any atom is -0.271 e. The highest BCUT2D eigenvalue weighted by Gasteiger charge is 2.25. The summed E-state index contributed by atoms with van der Waals surface area (Å²) < 4.78 is 14.0. The van der Waals surface area contributed by atoms with Gasteiger partial charge in [0, 0.05) is 10.6 Å². The standard InChI is InChI=1S/C14H20ClFN2/c15-11-7-8-12(13(16)9-11)14(18-17)10-5-3-1-2-4-6-10/h7-10,14,18H,1-6,17H2. The molecule has 1 aliphatic carbocycles. The van der Waals surface area contributed by atoms with Gasteiger partial charge in [-0.1, -0.05) is 43.4 Å². The number of hydrazine groups is 1. The molecule has 0 radical (unpaired) electrons. The Morgan fingerprint density at radius 3 is 2.44 bits per heavy atom. The van der Waals surface area contributed by atoms with Gasteiger partial charge < -0.3 is 0 Å². The number of benzene rings is 1. The van der Waals surface area contributed by atoms with E-state index >= 15 is 0 Å².